The van der Waals surface area contributed by atoms with Gasteiger partial charge >= 0.3 is 6.03 Å². The van der Waals surface area contributed by atoms with E-state index in [-0.39, 0.29) is 12.1 Å². The number of hydrogen-bond donors (Lipinski definition) is 1. The van der Waals surface area contributed by atoms with Gasteiger partial charge in [0.2, 0.25) is 10.0 Å². The van der Waals surface area contributed by atoms with Crippen molar-refractivity contribution in [1.82, 2.24) is 14.2 Å². The maximum Gasteiger partial charge on any atom is 0.323 e. The molecule has 2 fully saturated rings. The molecular weight excluding hydrogens is 328 g/mol. The number of nitrogens with zero attached hydrogens (tertiary/aromatic N) is 3. The Hall–Kier alpha value is -1.67. The highest BCUT2D eigenvalue weighted by atomic mass is 32.2. The number of piperazine rings is 1. The summed E-state index contributed by atoms with van der Waals surface area (Å²) in [6, 6.07) is 3.39. The molecule has 8 heteroatoms. The molecule has 0 spiro atoms. The molecule has 24 heavy (non-hydrogen) atoms. The fourth-order valence-electron chi connectivity index (χ4n) is 3.27. The zero-order valence-corrected chi connectivity index (χ0v) is 14.9. The second-order valence-electron chi connectivity index (χ2n) is 6.70. The van der Waals surface area contributed by atoms with Crippen LogP contribution in [0, 0.1) is 0 Å². The Morgan fingerprint density at radius 1 is 1.29 bits per heavy atom. The Bertz CT molecular complexity index is 701. The van der Waals surface area contributed by atoms with E-state index in [9.17, 15) is 13.2 Å². The predicted molar refractivity (Wildman–Crippen MR) is 92.4 cm³/mol. The third-order valence-electron chi connectivity index (χ3n) is 4.88. The number of amides is 2. The maximum atomic E-state index is 12.4. The molecule has 1 aliphatic carbocycles. The average Bonchev–Trinajstić information content (AvgIpc) is 2.46. The number of carbonyl (C=O) groups is 1. The first-order valence-corrected chi connectivity index (χ1v) is 10.2. The summed E-state index contributed by atoms with van der Waals surface area (Å²) in [5, 5.41) is 2.80. The first kappa shape index (κ1) is 17.2. The summed E-state index contributed by atoms with van der Waals surface area (Å²) >= 11 is 0. The molecule has 0 aromatic carbocycles. The minimum Gasteiger partial charge on any atom is -0.322 e. The van der Waals surface area contributed by atoms with Crippen molar-refractivity contribution >= 4 is 21.9 Å². The molecule has 1 atom stereocenters. The highest BCUT2D eigenvalue weighted by molar-refractivity contribution is 7.88. The number of pyridine rings is 1. The van der Waals surface area contributed by atoms with Crippen LogP contribution in [0.15, 0.2) is 18.3 Å². The highest BCUT2D eigenvalue weighted by Crippen LogP contribution is 2.36. The zero-order chi connectivity index (χ0) is 17.3. The van der Waals surface area contributed by atoms with Gasteiger partial charge in [0.05, 0.1) is 6.26 Å². The summed E-state index contributed by atoms with van der Waals surface area (Å²) in [5.74, 6) is 1.15. The Morgan fingerprint density at radius 2 is 2.04 bits per heavy atom. The van der Waals surface area contributed by atoms with Crippen molar-refractivity contribution in [3.05, 3.63) is 23.9 Å². The summed E-state index contributed by atoms with van der Waals surface area (Å²) in [4.78, 5) is 18.3. The number of urea groups is 1. The first-order valence-electron chi connectivity index (χ1n) is 8.33. The molecule has 2 amide bonds. The van der Waals surface area contributed by atoms with E-state index >= 15 is 0 Å². The van der Waals surface area contributed by atoms with Crippen molar-refractivity contribution in [2.45, 2.75) is 38.1 Å². The molecule has 0 unspecified atom stereocenters. The molecule has 1 saturated heterocycles. The van der Waals surface area contributed by atoms with Crippen molar-refractivity contribution in [3.63, 3.8) is 0 Å². The summed E-state index contributed by atoms with van der Waals surface area (Å²) < 4.78 is 24.8. The molecule has 132 valence electrons. The summed E-state index contributed by atoms with van der Waals surface area (Å²) in [7, 11) is -3.23. The molecule has 1 saturated carbocycles. The molecule has 7 nitrogen and oxygen atoms in total. The molecule has 0 radical (unpaired) electrons. The molecule has 1 N–H and O–H groups in total. The largest absolute Gasteiger partial charge is 0.323 e. The van der Waals surface area contributed by atoms with E-state index in [2.05, 4.69) is 10.3 Å². The van der Waals surface area contributed by atoms with Gasteiger partial charge in [-0.05, 0) is 37.3 Å². The van der Waals surface area contributed by atoms with E-state index in [4.69, 9.17) is 0 Å². The number of hydrogen-bond acceptors (Lipinski definition) is 4. The monoisotopic (exact) mass is 352 g/mol. The van der Waals surface area contributed by atoms with Crippen molar-refractivity contribution in [2.75, 3.05) is 31.2 Å². The second-order valence-corrected chi connectivity index (χ2v) is 8.64. The highest BCUT2D eigenvalue weighted by Gasteiger charge is 2.31. The molecule has 3 rings (SSSR count). The molecule has 2 aliphatic rings. The molecule has 1 aromatic heterocycles. The fraction of sp³-hybridized carbons (Fsp3) is 0.625. The van der Waals surface area contributed by atoms with Gasteiger partial charge in [-0.1, -0.05) is 12.5 Å². The molecule has 1 aliphatic heterocycles. The summed E-state index contributed by atoms with van der Waals surface area (Å²) in [6.07, 6.45) is 6.75. The minimum absolute atomic E-state index is 0.228. The number of aromatic nitrogens is 1. The van der Waals surface area contributed by atoms with E-state index in [1.165, 1.54) is 35.4 Å². The smallest absolute Gasteiger partial charge is 0.322 e. The molecular formula is C16H24N4O3S. The molecule has 0 bridgehead atoms. The quantitative estimate of drug-likeness (QED) is 0.900. The van der Waals surface area contributed by atoms with Crippen molar-refractivity contribution in [2.24, 2.45) is 0 Å². The first-order chi connectivity index (χ1) is 11.3. The van der Waals surface area contributed by atoms with Crippen molar-refractivity contribution in [1.29, 1.82) is 0 Å². The predicted octanol–water partition coefficient (Wildman–Crippen LogP) is 1.85. The van der Waals surface area contributed by atoms with Crippen LogP contribution in [-0.4, -0.2) is 60.6 Å². The number of nitrogens with one attached hydrogen (secondary N) is 1. The van der Waals surface area contributed by atoms with Gasteiger partial charge in [0.15, 0.2) is 0 Å². The van der Waals surface area contributed by atoms with Gasteiger partial charge < -0.3 is 4.90 Å². The van der Waals surface area contributed by atoms with Gasteiger partial charge in [-0.15, -0.1) is 0 Å². The number of sulfonamides is 1. The van der Waals surface area contributed by atoms with Crippen LogP contribution < -0.4 is 5.32 Å². The van der Waals surface area contributed by atoms with Gasteiger partial charge in [-0.2, -0.15) is 4.31 Å². The standard InChI is InChI=1S/C16H24N4O3S/c1-12-11-19(8-9-20(12)24(2,22)23)16(21)18-15-7-6-14(10-17-15)13-4-3-5-13/h6-7,10,12-13H,3-5,8-9,11H2,1-2H3,(H,17,18,21)/t12-/m0/s1. The SMILES string of the molecule is C[C@H]1CN(C(=O)Nc2ccc(C3CCC3)cn2)CCN1S(C)(=O)=O. The van der Waals surface area contributed by atoms with Gasteiger partial charge in [-0.25, -0.2) is 18.2 Å². The Morgan fingerprint density at radius 3 is 2.54 bits per heavy atom. The van der Waals surface area contributed by atoms with Crippen LogP contribution in [0.1, 0.15) is 37.7 Å². The molecule has 1 aromatic rings. The third kappa shape index (κ3) is 3.70. The lowest BCUT2D eigenvalue weighted by atomic mass is 9.81. The van der Waals surface area contributed by atoms with Crippen LogP contribution in [0.25, 0.3) is 0 Å². The van der Waals surface area contributed by atoms with E-state index in [0.29, 0.717) is 31.4 Å². The maximum absolute atomic E-state index is 12.4. The lowest BCUT2D eigenvalue weighted by Gasteiger charge is -2.38. The Balaban J connectivity index is 1.57. The van der Waals surface area contributed by atoms with Crippen molar-refractivity contribution < 1.29 is 13.2 Å². The Kier molecular flexibility index (Phi) is 4.78. The van der Waals surface area contributed by atoms with Crippen molar-refractivity contribution in [3.8, 4) is 0 Å². The lowest BCUT2D eigenvalue weighted by molar-refractivity contribution is 0.157. The topological polar surface area (TPSA) is 82.6 Å². The minimum atomic E-state index is -3.23. The van der Waals surface area contributed by atoms with Gasteiger partial charge in [0, 0.05) is 31.9 Å². The van der Waals surface area contributed by atoms with Crippen LogP contribution in [0.5, 0.6) is 0 Å². The summed E-state index contributed by atoms with van der Waals surface area (Å²) in [5.41, 5.74) is 1.23. The van der Waals surface area contributed by atoms with Crippen LogP contribution in [0.4, 0.5) is 10.6 Å². The summed E-state index contributed by atoms with van der Waals surface area (Å²) in [6.45, 7) is 2.89. The third-order valence-corrected chi connectivity index (χ3v) is 6.27. The van der Waals surface area contributed by atoms with E-state index in [1.54, 1.807) is 4.90 Å². The van der Waals surface area contributed by atoms with E-state index in [1.807, 2.05) is 25.3 Å². The zero-order valence-electron chi connectivity index (χ0n) is 14.1. The van der Waals surface area contributed by atoms with Gasteiger partial charge in [-0.3, -0.25) is 5.32 Å². The van der Waals surface area contributed by atoms with Crippen LogP contribution in [-0.2, 0) is 10.0 Å². The number of anilines is 1. The van der Waals surface area contributed by atoms with Gasteiger partial charge in [0.25, 0.3) is 0 Å². The van der Waals surface area contributed by atoms with Gasteiger partial charge in [0.1, 0.15) is 5.82 Å². The number of carbonyl (C=O) groups excluding carboxylic acids is 1. The Labute approximate surface area is 143 Å². The van der Waals surface area contributed by atoms with Crippen LogP contribution >= 0.6 is 0 Å². The van der Waals surface area contributed by atoms with E-state index in [0.717, 1.165) is 0 Å². The van der Waals surface area contributed by atoms with Crippen LogP contribution in [0.3, 0.4) is 0 Å². The normalized spacial score (nSPS) is 22.9. The average molecular weight is 352 g/mol. The number of rotatable bonds is 3. The molecule has 2 heterocycles. The fourth-order valence-corrected chi connectivity index (χ4v) is 4.40. The van der Waals surface area contributed by atoms with E-state index < -0.39 is 10.0 Å². The van der Waals surface area contributed by atoms with Crippen LogP contribution in [0.2, 0.25) is 0 Å². The lowest BCUT2D eigenvalue weighted by Crippen LogP contribution is -2.55. The second kappa shape index (κ2) is 6.68.